The molecular formula is C13H9N5O3. The molecule has 0 unspecified atom stereocenters. The largest absolute Gasteiger partial charge is 0.397 e. The lowest BCUT2D eigenvalue weighted by Crippen LogP contribution is -2.16. The Morgan fingerprint density at radius 2 is 2.19 bits per heavy atom. The van der Waals surface area contributed by atoms with Gasteiger partial charge >= 0.3 is 0 Å². The first-order valence-corrected chi connectivity index (χ1v) is 5.73. The summed E-state index contributed by atoms with van der Waals surface area (Å²) in [5.74, 6) is -0.666. The first-order valence-electron chi connectivity index (χ1n) is 5.73. The van der Waals surface area contributed by atoms with Gasteiger partial charge in [-0.25, -0.2) is 4.98 Å². The molecule has 8 nitrogen and oxygen atoms in total. The molecule has 0 aliphatic heterocycles. The molecule has 2 aromatic rings. The molecule has 21 heavy (non-hydrogen) atoms. The number of aromatic nitrogens is 1. The van der Waals surface area contributed by atoms with Crippen LogP contribution in [-0.2, 0) is 0 Å². The maximum absolute atomic E-state index is 12.0. The summed E-state index contributed by atoms with van der Waals surface area (Å²) < 4.78 is 0. The van der Waals surface area contributed by atoms with Crippen LogP contribution in [0.25, 0.3) is 0 Å². The molecule has 1 amide bonds. The Labute approximate surface area is 119 Å². The zero-order valence-electron chi connectivity index (χ0n) is 10.6. The van der Waals surface area contributed by atoms with Crippen LogP contribution in [0.3, 0.4) is 0 Å². The number of nitrogen functional groups attached to an aromatic ring is 1. The van der Waals surface area contributed by atoms with Crippen molar-refractivity contribution < 1.29 is 9.72 Å². The van der Waals surface area contributed by atoms with Gasteiger partial charge in [0.1, 0.15) is 5.69 Å². The standard InChI is InChI=1S/C13H9N5O3/c14-7-8-3-4-10(11(6-8)18(20)21)17-13(19)12-9(15)2-1-5-16-12/h1-6H,15H2,(H,17,19). The van der Waals surface area contributed by atoms with Crippen molar-refractivity contribution in [3.8, 4) is 6.07 Å². The van der Waals surface area contributed by atoms with Gasteiger partial charge in [0, 0.05) is 12.3 Å². The van der Waals surface area contributed by atoms with Gasteiger partial charge in [-0.1, -0.05) is 0 Å². The average Bonchev–Trinajstić information content (AvgIpc) is 2.47. The molecular weight excluding hydrogens is 274 g/mol. The first kappa shape index (κ1) is 14.0. The molecule has 0 atom stereocenters. The van der Waals surface area contributed by atoms with Gasteiger partial charge < -0.3 is 11.1 Å². The first-order chi connectivity index (χ1) is 10.0. The Kier molecular flexibility index (Phi) is 3.76. The van der Waals surface area contributed by atoms with E-state index in [4.69, 9.17) is 11.0 Å². The predicted octanol–water partition coefficient (Wildman–Crippen LogP) is 1.70. The predicted molar refractivity (Wildman–Crippen MR) is 74.4 cm³/mol. The fourth-order valence-electron chi connectivity index (χ4n) is 1.65. The van der Waals surface area contributed by atoms with Gasteiger partial charge in [-0.3, -0.25) is 14.9 Å². The Hall–Kier alpha value is -3.47. The summed E-state index contributed by atoms with van der Waals surface area (Å²) in [6.45, 7) is 0. The molecule has 8 heteroatoms. The molecule has 0 fully saturated rings. The summed E-state index contributed by atoms with van der Waals surface area (Å²) in [7, 11) is 0. The molecule has 0 aliphatic rings. The minimum absolute atomic E-state index is 0.0313. The van der Waals surface area contributed by atoms with E-state index in [-0.39, 0.29) is 28.3 Å². The molecule has 0 radical (unpaired) electrons. The third kappa shape index (κ3) is 2.93. The number of nitriles is 1. The number of carbonyl (C=O) groups excluding carboxylic acids is 1. The van der Waals surface area contributed by atoms with E-state index in [1.54, 1.807) is 12.1 Å². The van der Waals surface area contributed by atoms with Crippen molar-refractivity contribution in [3.05, 3.63) is 57.9 Å². The summed E-state index contributed by atoms with van der Waals surface area (Å²) in [5.41, 5.74) is 5.46. The number of nitrogens with zero attached hydrogens (tertiary/aromatic N) is 3. The third-order valence-electron chi connectivity index (χ3n) is 2.63. The second kappa shape index (κ2) is 5.66. The van der Waals surface area contributed by atoms with Crippen LogP contribution in [-0.4, -0.2) is 15.8 Å². The van der Waals surface area contributed by atoms with E-state index in [1.807, 2.05) is 0 Å². The van der Waals surface area contributed by atoms with Crippen molar-refractivity contribution in [3.63, 3.8) is 0 Å². The van der Waals surface area contributed by atoms with Gasteiger partial charge in [-0.2, -0.15) is 5.26 Å². The van der Waals surface area contributed by atoms with Crippen molar-refractivity contribution in [2.75, 3.05) is 11.1 Å². The van der Waals surface area contributed by atoms with Gasteiger partial charge in [0.2, 0.25) is 0 Å². The number of pyridine rings is 1. The third-order valence-corrected chi connectivity index (χ3v) is 2.63. The summed E-state index contributed by atoms with van der Waals surface area (Å²) >= 11 is 0. The SMILES string of the molecule is N#Cc1ccc(NC(=O)c2ncccc2N)c([N+](=O)[O-])c1. The fourth-order valence-corrected chi connectivity index (χ4v) is 1.65. The molecule has 1 aromatic heterocycles. The molecule has 0 aliphatic carbocycles. The van der Waals surface area contributed by atoms with Gasteiger partial charge in [0.15, 0.2) is 5.69 Å². The summed E-state index contributed by atoms with van der Waals surface area (Å²) in [6, 6.07) is 8.59. The summed E-state index contributed by atoms with van der Waals surface area (Å²) in [6.07, 6.45) is 1.39. The number of nitrogens with one attached hydrogen (secondary N) is 1. The minimum atomic E-state index is -0.682. The fraction of sp³-hybridized carbons (Fsp3) is 0. The average molecular weight is 283 g/mol. The van der Waals surface area contributed by atoms with E-state index in [1.165, 1.54) is 24.4 Å². The van der Waals surface area contributed by atoms with Gasteiger partial charge in [-0.05, 0) is 24.3 Å². The lowest BCUT2D eigenvalue weighted by Gasteiger charge is -2.07. The normalized spacial score (nSPS) is 9.67. The van der Waals surface area contributed by atoms with E-state index in [0.717, 1.165) is 6.07 Å². The number of carbonyl (C=O) groups is 1. The highest BCUT2D eigenvalue weighted by atomic mass is 16.6. The smallest absolute Gasteiger partial charge is 0.294 e. The van der Waals surface area contributed by atoms with Crippen molar-refractivity contribution in [2.45, 2.75) is 0 Å². The summed E-state index contributed by atoms with van der Waals surface area (Å²) in [5, 5.41) is 22.1. The number of rotatable bonds is 3. The number of benzene rings is 1. The molecule has 0 spiro atoms. The van der Waals surface area contributed by atoms with Crippen molar-refractivity contribution in [1.29, 1.82) is 5.26 Å². The zero-order valence-corrected chi connectivity index (χ0v) is 10.6. The van der Waals surface area contributed by atoms with Crippen LogP contribution in [0.2, 0.25) is 0 Å². The monoisotopic (exact) mass is 283 g/mol. The maximum atomic E-state index is 12.0. The Bertz CT molecular complexity index is 767. The van der Waals surface area contributed by atoms with Crippen LogP contribution in [0.15, 0.2) is 36.5 Å². The molecule has 3 N–H and O–H groups in total. The molecule has 104 valence electrons. The van der Waals surface area contributed by atoms with E-state index < -0.39 is 10.8 Å². The van der Waals surface area contributed by atoms with Crippen LogP contribution >= 0.6 is 0 Å². The maximum Gasteiger partial charge on any atom is 0.294 e. The highest BCUT2D eigenvalue weighted by Gasteiger charge is 2.19. The van der Waals surface area contributed by atoms with E-state index in [9.17, 15) is 14.9 Å². The molecule has 1 heterocycles. The lowest BCUT2D eigenvalue weighted by molar-refractivity contribution is -0.383. The molecule has 0 saturated carbocycles. The lowest BCUT2D eigenvalue weighted by atomic mass is 10.2. The number of hydrogen-bond donors (Lipinski definition) is 2. The van der Waals surface area contributed by atoms with Gasteiger partial charge in [0.25, 0.3) is 11.6 Å². The molecule has 2 rings (SSSR count). The molecule has 0 saturated heterocycles. The molecule has 1 aromatic carbocycles. The number of nitro groups is 1. The number of nitrogens with two attached hydrogens (primary N) is 1. The second-order valence-corrected chi connectivity index (χ2v) is 4.00. The highest BCUT2D eigenvalue weighted by Crippen LogP contribution is 2.26. The number of hydrogen-bond acceptors (Lipinski definition) is 6. The van der Waals surface area contributed by atoms with Crippen LogP contribution in [0, 0.1) is 21.4 Å². The summed E-state index contributed by atoms with van der Waals surface area (Å²) in [4.78, 5) is 26.1. The van der Waals surface area contributed by atoms with Crippen LogP contribution in [0.4, 0.5) is 17.1 Å². The zero-order chi connectivity index (χ0) is 15.4. The quantitative estimate of drug-likeness (QED) is 0.650. The number of nitro benzene ring substituents is 1. The van der Waals surface area contributed by atoms with E-state index in [0.29, 0.717) is 0 Å². The van der Waals surface area contributed by atoms with E-state index >= 15 is 0 Å². The number of anilines is 2. The van der Waals surface area contributed by atoms with Crippen LogP contribution in [0.1, 0.15) is 16.1 Å². The second-order valence-electron chi connectivity index (χ2n) is 4.00. The van der Waals surface area contributed by atoms with Crippen molar-refractivity contribution in [1.82, 2.24) is 4.98 Å². The van der Waals surface area contributed by atoms with Gasteiger partial charge in [-0.15, -0.1) is 0 Å². The van der Waals surface area contributed by atoms with E-state index in [2.05, 4.69) is 10.3 Å². The highest BCUT2D eigenvalue weighted by molar-refractivity contribution is 6.07. The van der Waals surface area contributed by atoms with Gasteiger partial charge in [0.05, 0.1) is 22.2 Å². The van der Waals surface area contributed by atoms with Crippen molar-refractivity contribution in [2.24, 2.45) is 0 Å². The minimum Gasteiger partial charge on any atom is -0.397 e. The molecule has 0 bridgehead atoms. The Morgan fingerprint density at radius 3 is 2.81 bits per heavy atom. The number of amides is 1. The Balaban J connectivity index is 2.36. The van der Waals surface area contributed by atoms with Crippen LogP contribution < -0.4 is 11.1 Å². The Morgan fingerprint density at radius 1 is 1.43 bits per heavy atom. The van der Waals surface area contributed by atoms with Crippen molar-refractivity contribution >= 4 is 23.0 Å². The topological polar surface area (TPSA) is 135 Å². The van der Waals surface area contributed by atoms with Crippen LogP contribution in [0.5, 0.6) is 0 Å².